The Hall–Kier alpha value is -2.17. The zero-order valence-corrected chi connectivity index (χ0v) is 11.1. The van der Waals surface area contributed by atoms with Gasteiger partial charge in [0.25, 0.3) is 0 Å². The van der Waals surface area contributed by atoms with Gasteiger partial charge in [0.1, 0.15) is 12.2 Å². The second-order valence-corrected chi connectivity index (χ2v) is 4.47. The minimum Gasteiger partial charge on any atom is -0.346 e. The summed E-state index contributed by atoms with van der Waals surface area (Å²) in [5.41, 5.74) is 1.03. The Bertz CT molecular complexity index is 510. The molecule has 0 spiro atoms. The lowest BCUT2D eigenvalue weighted by Crippen LogP contribution is -2.32. The van der Waals surface area contributed by atoms with Gasteiger partial charge in [0.2, 0.25) is 5.91 Å². The number of benzene rings is 1. The summed E-state index contributed by atoms with van der Waals surface area (Å²) in [6, 6.07) is 9.63. The highest BCUT2D eigenvalue weighted by atomic mass is 16.1. The number of aromatic amines is 1. The maximum atomic E-state index is 12.3. The van der Waals surface area contributed by atoms with Gasteiger partial charge in [0.15, 0.2) is 0 Å². The molecule has 2 aromatic rings. The first-order valence-electron chi connectivity index (χ1n) is 6.43. The van der Waals surface area contributed by atoms with Crippen molar-refractivity contribution >= 4 is 5.91 Å². The average molecular weight is 258 g/mol. The second kappa shape index (κ2) is 6.13. The van der Waals surface area contributed by atoms with Crippen molar-refractivity contribution in [3.63, 3.8) is 0 Å². The molecule has 0 bridgehead atoms. The fourth-order valence-electron chi connectivity index (χ4n) is 2.06. The number of rotatable bonds is 5. The molecule has 2 unspecified atom stereocenters. The smallest absolute Gasteiger partial charge is 0.228 e. The molecule has 0 aliphatic heterocycles. The highest BCUT2D eigenvalue weighted by Crippen LogP contribution is 2.20. The third-order valence-electron chi connectivity index (χ3n) is 3.13. The molecule has 1 heterocycles. The summed E-state index contributed by atoms with van der Waals surface area (Å²) in [4.78, 5) is 16.4. The van der Waals surface area contributed by atoms with E-state index < -0.39 is 0 Å². The van der Waals surface area contributed by atoms with Gasteiger partial charge >= 0.3 is 0 Å². The van der Waals surface area contributed by atoms with Crippen molar-refractivity contribution in [3.8, 4) is 0 Å². The lowest BCUT2D eigenvalue weighted by atomic mass is 9.95. The molecule has 100 valence electrons. The number of nitrogens with one attached hydrogen (secondary N) is 2. The molecule has 19 heavy (non-hydrogen) atoms. The van der Waals surface area contributed by atoms with E-state index in [0.29, 0.717) is 5.82 Å². The number of carbonyl (C=O) groups is 1. The monoisotopic (exact) mass is 258 g/mol. The SMILES string of the molecule is CCC(C(=O)NC(C)c1ncn[nH]1)c1ccccc1. The normalized spacial score (nSPS) is 13.8. The topological polar surface area (TPSA) is 70.7 Å². The van der Waals surface area contributed by atoms with Crippen molar-refractivity contribution in [2.45, 2.75) is 32.2 Å². The molecule has 1 aromatic heterocycles. The summed E-state index contributed by atoms with van der Waals surface area (Å²) in [7, 11) is 0. The van der Waals surface area contributed by atoms with Crippen molar-refractivity contribution in [2.24, 2.45) is 0 Å². The first-order valence-corrected chi connectivity index (χ1v) is 6.43. The fourth-order valence-corrected chi connectivity index (χ4v) is 2.06. The van der Waals surface area contributed by atoms with E-state index in [1.807, 2.05) is 44.2 Å². The summed E-state index contributed by atoms with van der Waals surface area (Å²) >= 11 is 0. The molecule has 0 aliphatic carbocycles. The Kier molecular flexibility index (Phi) is 4.28. The Balaban J connectivity index is 2.06. The van der Waals surface area contributed by atoms with Crippen molar-refractivity contribution < 1.29 is 4.79 Å². The van der Waals surface area contributed by atoms with Gasteiger partial charge in [-0.1, -0.05) is 37.3 Å². The molecule has 2 rings (SSSR count). The van der Waals surface area contributed by atoms with E-state index in [1.165, 1.54) is 6.33 Å². The fraction of sp³-hybridized carbons (Fsp3) is 0.357. The standard InChI is InChI=1S/C14H18N4O/c1-3-12(11-7-5-4-6-8-11)14(19)17-10(2)13-15-9-16-18-13/h4-10,12H,3H2,1-2H3,(H,17,19)(H,15,16,18). The van der Waals surface area contributed by atoms with Crippen LogP contribution in [0.25, 0.3) is 0 Å². The zero-order valence-electron chi connectivity index (χ0n) is 11.1. The highest BCUT2D eigenvalue weighted by molar-refractivity contribution is 5.83. The number of carbonyl (C=O) groups excluding carboxylic acids is 1. The molecule has 0 fully saturated rings. The quantitative estimate of drug-likeness (QED) is 0.863. The van der Waals surface area contributed by atoms with Gasteiger partial charge in [-0.3, -0.25) is 9.89 Å². The molecule has 2 atom stereocenters. The van der Waals surface area contributed by atoms with Crippen LogP contribution < -0.4 is 5.32 Å². The van der Waals surface area contributed by atoms with Crippen LogP contribution in [0.15, 0.2) is 36.7 Å². The van der Waals surface area contributed by atoms with E-state index in [2.05, 4.69) is 20.5 Å². The predicted octanol–water partition coefficient (Wildman–Crippen LogP) is 2.18. The maximum Gasteiger partial charge on any atom is 0.228 e. The maximum absolute atomic E-state index is 12.3. The van der Waals surface area contributed by atoms with E-state index >= 15 is 0 Å². The van der Waals surface area contributed by atoms with Gasteiger partial charge in [-0.15, -0.1) is 0 Å². The minimum absolute atomic E-state index is 0.0117. The van der Waals surface area contributed by atoms with Crippen LogP contribution in [-0.4, -0.2) is 21.1 Å². The van der Waals surface area contributed by atoms with Crippen LogP contribution in [0.2, 0.25) is 0 Å². The molecular formula is C14H18N4O. The molecular weight excluding hydrogens is 240 g/mol. The molecule has 1 amide bonds. The van der Waals surface area contributed by atoms with Crippen molar-refractivity contribution in [3.05, 3.63) is 48.0 Å². The molecule has 0 saturated heterocycles. The van der Waals surface area contributed by atoms with E-state index in [0.717, 1.165) is 12.0 Å². The van der Waals surface area contributed by atoms with E-state index in [1.54, 1.807) is 0 Å². The Morgan fingerprint density at radius 1 is 1.37 bits per heavy atom. The number of amides is 1. The predicted molar refractivity (Wildman–Crippen MR) is 72.4 cm³/mol. The van der Waals surface area contributed by atoms with Crippen LogP contribution in [-0.2, 0) is 4.79 Å². The summed E-state index contributed by atoms with van der Waals surface area (Å²) in [5, 5.41) is 9.51. The van der Waals surface area contributed by atoms with Gasteiger partial charge in [-0.2, -0.15) is 5.10 Å². The molecule has 2 N–H and O–H groups in total. The van der Waals surface area contributed by atoms with Crippen LogP contribution in [0.5, 0.6) is 0 Å². The van der Waals surface area contributed by atoms with E-state index in [9.17, 15) is 4.79 Å². The minimum atomic E-state index is -0.173. The van der Waals surface area contributed by atoms with Gasteiger partial charge in [-0.25, -0.2) is 4.98 Å². The van der Waals surface area contributed by atoms with Crippen molar-refractivity contribution in [1.82, 2.24) is 20.5 Å². The number of hydrogen-bond acceptors (Lipinski definition) is 3. The largest absolute Gasteiger partial charge is 0.346 e. The van der Waals surface area contributed by atoms with Crippen LogP contribution >= 0.6 is 0 Å². The molecule has 1 aromatic carbocycles. The van der Waals surface area contributed by atoms with Gasteiger partial charge in [-0.05, 0) is 18.9 Å². The highest BCUT2D eigenvalue weighted by Gasteiger charge is 2.21. The van der Waals surface area contributed by atoms with Gasteiger partial charge in [0, 0.05) is 0 Å². The van der Waals surface area contributed by atoms with Gasteiger partial charge in [0.05, 0.1) is 12.0 Å². The van der Waals surface area contributed by atoms with E-state index in [4.69, 9.17) is 0 Å². The van der Waals surface area contributed by atoms with Crippen LogP contribution in [0.3, 0.4) is 0 Å². The number of H-pyrrole nitrogens is 1. The van der Waals surface area contributed by atoms with Crippen LogP contribution in [0, 0.1) is 0 Å². The average Bonchev–Trinajstić information content (AvgIpc) is 2.94. The summed E-state index contributed by atoms with van der Waals surface area (Å²) in [6.07, 6.45) is 2.20. The van der Waals surface area contributed by atoms with Crippen molar-refractivity contribution in [1.29, 1.82) is 0 Å². The molecule has 5 nitrogen and oxygen atoms in total. The van der Waals surface area contributed by atoms with Crippen LogP contribution in [0.4, 0.5) is 0 Å². The number of aromatic nitrogens is 3. The number of nitrogens with zero attached hydrogens (tertiary/aromatic N) is 2. The molecule has 5 heteroatoms. The third-order valence-corrected chi connectivity index (χ3v) is 3.13. The molecule has 0 aliphatic rings. The van der Waals surface area contributed by atoms with Gasteiger partial charge < -0.3 is 5.32 Å². The molecule has 0 radical (unpaired) electrons. The zero-order chi connectivity index (χ0) is 13.7. The van der Waals surface area contributed by atoms with E-state index in [-0.39, 0.29) is 17.9 Å². The Morgan fingerprint density at radius 2 is 2.11 bits per heavy atom. The first kappa shape index (κ1) is 13.3. The number of hydrogen-bond donors (Lipinski definition) is 2. The Labute approximate surface area is 112 Å². The molecule has 0 saturated carbocycles. The third kappa shape index (κ3) is 3.19. The Morgan fingerprint density at radius 3 is 2.68 bits per heavy atom. The van der Waals surface area contributed by atoms with Crippen molar-refractivity contribution in [2.75, 3.05) is 0 Å². The summed E-state index contributed by atoms with van der Waals surface area (Å²) < 4.78 is 0. The summed E-state index contributed by atoms with van der Waals surface area (Å²) in [6.45, 7) is 3.90. The first-order chi connectivity index (χ1) is 9.22. The lowest BCUT2D eigenvalue weighted by molar-refractivity contribution is -0.123. The summed E-state index contributed by atoms with van der Waals surface area (Å²) in [5.74, 6) is 0.542. The van der Waals surface area contributed by atoms with Crippen LogP contribution in [0.1, 0.15) is 43.6 Å². The second-order valence-electron chi connectivity index (χ2n) is 4.47. The lowest BCUT2D eigenvalue weighted by Gasteiger charge is -2.18.